The summed E-state index contributed by atoms with van der Waals surface area (Å²) in [5, 5.41) is 1.89. The van der Waals surface area contributed by atoms with Crippen LogP contribution in [0.5, 0.6) is 0 Å². The highest BCUT2D eigenvalue weighted by atomic mass is 32.2. The average Bonchev–Trinajstić information content (AvgIpc) is 3.08. The Morgan fingerprint density at radius 2 is 1.69 bits per heavy atom. The molecule has 2 heterocycles. The van der Waals surface area contributed by atoms with Crippen molar-refractivity contribution < 1.29 is 17.9 Å². The van der Waals surface area contributed by atoms with Crippen LogP contribution in [0.4, 0.5) is 0 Å². The highest BCUT2D eigenvalue weighted by Gasteiger charge is 2.28. The number of nitrogens with zero attached hydrogens (tertiary/aromatic N) is 1. The minimum Gasteiger partial charge on any atom is -0.495 e. The van der Waals surface area contributed by atoms with Gasteiger partial charge in [-0.25, -0.2) is 13.4 Å². The molecule has 5 rings (SSSR count). The third kappa shape index (κ3) is 3.48. The van der Waals surface area contributed by atoms with Crippen LogP contribution in [0.1, 0.15) is 21.5 Å². The van der Waals surface area contributed by atoms with Gasteiger partial charge in [0.1, 0.15) is 5.76 Å². The molecule has 1 aliphatic heterocycles. The second-order valence-electron chi connectivity index (χ2n) is 7.60. The number of carbonyl (C=O) groups is 1. The van der Waals surface area contributed by atoms with Gasteiger partial charge in [-0.05, 0) is 29.8 Å². The number of benzene rings is 3. The van der Waals surface area contributed by atoms with Crippen LogP contribution in [0.3, 0.4) is 0 Å². The van der Waals surface area contributed by atoms with E-state index in [-0.39, 0.29) is 17.1 Å². The molecule has 0 spiro atoms. The molecule has 0 aliphatic carbocycles. The van der Waals surface area contributed by atoms with Crippen LogP contribution < -0.4 is 0 Å². The Hall–Kier alpha value is -3.77. The topological polar surface area (TPSA) is 73.3 Å². The van der Waals surface area contributed by atoms with Gasteiger partial charge >= 0.3 is 0 Å². The molecule has 0 unspecified atom stereocenters. The van der Waals surface area contributed by atoms with Crippen LogP contribution in [0.15, 0.2) is 89.2 Å². The fourth-order valence-corrected chi connectivity index (χ4v) is 5.41. The van der Waals surface area contributed by atoms with Gasteiger partial charge in [-0.1, -0.05) is 54.6 Å². The average molecular weight is 442 g/mol. The first kappa shape index (κ1) is 20.2. The van der Waals surface area contributed by atoms with Crippen molar-refractivity contribution in [2.75, 3.05) is 7.11 Å². The van der Waals surface area contributed by atoms with Crippen LogP contribution in [0.25, 0.3) is 27.9 Å². The van der Waals surface area contributed by atoms with Crippen molar-refractivity contribution in [2.45, 2.75) is 11.3 Å². The molecule has 0 bridgehead atoms. The van der Waals surface area contributed by atoms with Gasteiger partial charge in [0.15, 0.2) is 5.78 Å². The van der Waals surface area contributed by atoms with E-state index in [1.54, 1.807) is 18.2 Å². The standard InChI is InChI=1S/C26H19NO4S/c1-31-25-16-32(29,30)26-14-17(11-12-20(25)26)13-24(28)21-15-23(18-7-3-2-4-8-18)27-22-10-6-5-9-19(21)22/h2-12,14-16H,13H2,1H3. The second kappa shape index (κ2) is 7.73. The highest BCUT2D eigenvalue weighted by Crippen LogP contribution is 2.34. The molecule has 6 heteroatoms. The van der Waals surface area contributed by atoms with Crippen LogP contribution in [0, 0.1) is 0 Å². The number of fused-ring (bicyclic) bond motifs is 2. The Balaban J connectivity index is 1.55. The normalized spacial score (nSPS) is 14.1. The number of rotatable bonds is 5. The number of para-hydroxylation sites is 1. The largest absolute Gasteiger partial charge is 0.495 e. The molecule has 5 nitrogen and oxygen atoms in total. The summed E-state index contributed by atoms with van der Waals surface area (Å²) in [5.74, 6) is 0.210. The van der Waals surface area contributed by atoms with Crippen LogP contribution in [0.2, 0.25) is 0 Å². The predicted octanol–water partition coefficient (Wildman–Crippen LogP) is 5.06. The predicted molar refractivity (Wildman–Crippen MR) is 124 cm³/mol. The number of Topliss-reactive ketones (excluding diaryl/α,β-unsaturated/α-hetero) is 1. The number of aromatic nitrogens is 1. The van der Waals surface area contributed by atoms with Gasteiger partial charge < -0.3 is 4.74 Å². The molecule has 0 radical (unpaired) electrons. The molecule has 0 amide bonds. The lowest BCUT2D eigenvalue weighted by Gasteiger charge is -2.10. The molecular formula is C26H19NO4S. The van der Waals surface area contributed by atoms with Crippen molar-refractivity contribution in [1.82, 2.24) is 4.98 Å². The zero-order chi connectivity index (χ0) is 22.3. The van der Waals surface area contributed by atoms with Crippen molar-refractivity contribution in [2.24, 2.45) is 0 Å². The summed E-state index contributed by atoms with van der Waals surface area (Å²) in [4.78, 5) is 18.3. The molecule has 0 fully saturated rings. The molecule has 158 valence electrons. The minimum atomic E-state index is -3.58. The summed E-state index contributed by atoms with van der Waals surface area (Å²) >= 11 is 0. The van der Waals surface area contributed by atoms with Gasteiger partial charge in [0.2, 0.25) is 9.84 Å². The third-order valence-electron chi connectivity index (χ3n) is 5.55. The third-order valence-corrected chi connectivity index (χ3v) is 7.03. The Morgan fingerprint density at radius 3 is 2.47 bits per heavy atom. The Morgan fingerprint density at radius 1 is 0.938 bits per heavy atom. The zero-order valence-corrected chi connectivity index (χ0v) is 18.1. The summed E-state index contributed by atoms with van der Waals surface area (Å²) in [6.07, 6.45) is 0.0767. The van der Waals surface area contributed by atoms with Crippen LogP contribution >= 0.6 is 0 Å². The molecule has 32 heavy (non-hydrogen) atoms. The summed E-state index contributed by atoms with van der Waals surface area (Å²) < 4.78 is 30.1. The maximum atomic E-state index is 13.4. The Bertz CT molecular complexity index is 1510. The number of sulfone groups is 1. The maximum absolute atomic E-state index is 13.4. The van der Waals surface area contributed by atoms with E-state index in [0.717, 1.165) is 27.6 Å². The number of ether oxygens (including phenoxy) is 1. The maximum Gasteiger partial charge on any atom is 0.204 e. The van der Waals surface area contributed by atoms with E-state index in [4.69, 9.17) is 9.72 Å². The van der Waals surface area contributed by atoms with Crippen molar-refractivity contribution >= 4 is 32.3 Å². The summed E-state index contributed by atoms with van der Waals surface area (Å²) in [7, 11) is -2.14. The first-order valence-corrected chi connectivity index (χ1v) is 11.6. The lowest BCUT2D eigenvalue weighted by molar-refractivity contribution is 0.0994. The number of hydrogen-bond acceptors (Lipinski definition) is 5. The zero-order valence-electron chi connectivity index (χ0n) is 17.3. The molecule has 4 aromatic rings. The minimum absolute atomic E-state index is 0.0767. The van der Waals surface area contributed by atoms with Crippen molar-refractivity contribution in [3.05, 3.63) is 101 Å². The van der Waals surface area contributed by atoms with Gasteiger partial charge in [0, 0.05) is 28.5 Å². The quantitative estimate of drug-likeness (QED) is 0.405. The van der Waals surface area contributed by atoms with E-state index in [1.165, 1.54) is 7.11 Å². The Kier molecular flexibility index (Phi) is 4.87. The second-order valence-corrected chi connectivity index (χ2v) is 9.37. The van der Waals surface area contributed by atoms with E-state index in [0.29, 0.717) is 22.4 Å². The number of carbonyl (C=O) groups excluding carboxylic acids is 1. The smallest absolute Gasteiger partial charge is 0.204 e. The van der Waals surface area contributed by atoms with Crippen LogP contribution in [-0.2, 0) is 21.0 Å². The van der Waals surface area contributed by atoms with Crippen LogP contribution in [-0.4, -0.2) is 26.3 Å². The van der Waals surface area contributed by atoms with Gasteiger partial charge in [-0.2, -0.15) is 0 Å². The molecule has 1 aromatic heterocycles. The summed E-state index contributed by atoms with van der Waals surface area (Å²) in [6, 6.07) is 24.1. The molecule has 0 N–H and O–H groups in total. The van der Waals surface area contributed by atoms with E-state index in [9.17, 15) is 13.2 Å². The van der Waals surface area contributed by atoms with Crippen molar-refractivity contribution in [1.29, 1.82) is 0 Å². The summed E-state index contributed by atoms with van der Waals surface area (Å²) in [5.41, 5.74) is 4.10. The molecule has 1 aliphatic rings. The highest BCUT2D eigenvalue weighted by molar-refractivity contribution is 7.94. The van der Waals surface area contributed by atoms with E-state index >= 15 is 0 Å². The lowest BCUT2D eigenvalue weighted by atomic mass is 9.97. The molecule has 0 saturated carbocycles. The molecule has 0 atom stereocenters. The number of hydrogen-bond donors (Lipinski definition) is 0. The van der Waals surface area contributed by atoms with E-state index in [1.807, 2.05) is 60.7 Å². The van der Waals surface area contributed by atoms with Gasteiger partial charge in [0.25, 0.3) is 0 Å². The van der Waals surface area contributed by atoms with E-state index in [2.05, 4.69) is 0 Å². The van der Waals surface area contributed by atoms with Crippen molar-refractivity contribution in [3.8, 4) is 11.3 Å². The number of pyridine rings is 1. The van der Waals surface area contributed by atoms with Gasteiger partial charge in [-0.3, -0.25) is 4.79 Å². The molecular weight excluding hydrogens is 422 g/mol. The van der Waals surface area contributed by atoms with Gasteiger partial charge in [0.05, 0.1) is 28.6 Å². The summed E-state index contributed by atoms with van der Waals surface area (Å²) in [6.45, 7) is 0. The fourth-order valence-electron chi connectivity index (χ4n) is 3.99. The molecule has 3 aromatic carbocycles. The molecule has 0 saturated heterocycles. The van der Waals surface area contributed by atoms with Crippen molar-refractivity contribution in [3.63, 3.8) is 0 Å². The first-order valence-electron chi connectivity index (χ1n) is 10.1. The number of methoxy groups -OCH3 is 1. The first-order chi connectivity index (χ1) is 15.5. The Labute approximate surface area is 185 Å². The monoisotopic (exact) mass is 441 g/mol. The fraction of sp³-hybridized carbons (Fsp3) is 0.0769. The number of ketones is 1. The SMILES string of the molecule is COC1=CS(=O)(=O)c2cc(CC(=O)c3cc(-c4ccccc4)nc4ccccc34)ccc21. The lowest BCUT2D eigenvalue weighted by Crippen LogP contribution is -2.07. The van der Waals surface area contributed by atoms with Gasteiger partial charge in [-0.15, -0.1) is 0 Å². The van der Waals surface area contributed by atoms with E-state index < -0.39 is 9.84 Å².